The molecule has 0 bridgehead atoms. The first-order chi connectivity index (χ1) is 8.35. The predicted octanol–water partition coefficient (Wildman–Crippen LogP) is 0.766. The Morgan fingerprint density at radius 2 is 2.00 bits per heavy atom. The Morgan fingerprint density at radius 1 is 1.44 bits per heavy atom. The fourth-order valence-electron chi connectivity index (χ4n) is 2.26. The summed E-state index contributed by atoms with van der Waals surface area (Å²) in [6, 6.07) is 0. The summed E-state index contributed by atoms with van der Waals surface area (Å²) in [4.78, 5) is 14.0. The molecule has 0 radical (unpaired) electrons. The van der Waals surface area contributed by atoms with Gasteiger partial charge in [-0.1, -0.05) is 0 Å². The lowest BCUT2D eigenvalue weighted by Gasteiger charge is -2.36. The van der Waals surface area contributed by atoms with Crippen LogP contribution in [0.25, 0.3) is 0 Å². The first-order valence-electron chi connectivity index (χ1n) is 6.69. The normalized spacial score (nSPS) is 28.7. The van der Waals surface area contributed by atoms with Crippen molar-refractivity contribution in [3.8, 4) is 0 Å². The van der Waals surface area contributed by atoms with Crippen molar-refractivity contribution >= 4 is 5.97 Å². The fourth-order valence-corrected chi connectivity index (χ4v) is 2.26. The molecule has 3 unspecified atom stereocenters. The molecule has 2 N–H and O–H groups in total. The minimum Gasteiger partial charge on any atom is -0.465 e. The van der Waals surface area contributed by atoms with Gasteiger partial charge in [-0.25, -0.2) is 0 Å². The minimum atomic E-state index is -0.902. The molecule has 1 aliphatic rings. The fraction of sp³-hybridized carbons (Fsp3) is 0.923. The van der Waals surface area contributed by atoms with Crippen LogP contribution < -0.4 is 5.73 Å². The van der Waals surface area contributed by atoms with Crippen molar-refractivity contribution in [1.29, 1.82) is 0 Å². The summed E-state index contributed by atoms with van der Waals surface area (Å²) < 4.78 is 10.7. The molecule has 106 valence electrons. The molecule has 1 rings (SSSR count). The van der Waals surface area contributed by atoms with Gasteiger partial charge in [0.05, 0.1) is 18.8 Å². The number of morpholine rings is 1. The van der Waals surface area contributed by atoms with Crippen LogP contribution in [0.4, 0.5) is 0 Å². The van der Waals surface area contributed by atoms with Crippen LogP contribution in [0.3, 0.4) is 0 Å². The molecule has 1 aliphatic heterocycles. The molecule has 5 heteroatoms. The molecule has 3 atom stereocenters. The van der Waals surface area contributed by atoms with Crippen LogP contribution in [0.15, 0.2) is 0 Å². The Balaban J connectivity index is 2.41. The van der Waals surface area contributed by atoms with Gasteiger partial charge in [0.25, 0.3) is 0 Å². The van der Waals surface area contributed by atoms with E-state index in [2.05, 4.69) is 18.7 Å². The lowest BCUT2D eigenvalue weighted by atomic mass is 9.99. The van der Waals surface area contributed by atoms with Crippen molar-refractivity contribution < 1.29 is 14.3 Å². The second-order valence-corrected chi connectivity index (χ2v) is 5.40. The zero-order chi connectivity index (χ0) is 13.8. The Hall–Kier alpha value is -0.650. The maximum atomic E-state index is 11.7. The van der Waals surface area contributed by atoms with E-state index in [1.807, 2.05) is 0 Å². The van der Waals surface area contributed by atoms with Gasteiger partial charge in [-0.15, -0.1) is 0 Å². The summed E-state index contributed by atoms with van der Waals surface area (Å²) in [6.07, 6.45) is 1.08. The quantitative estimate of drug-likeness (QED) is 0.738. The average molecular weight is 258 g/mol. The topological polar surface area (TPSA) is 64.8 Å². The van der Waals surface area contributed by atoms with Crippen molar-refractivity contribution in [2.45, 2.75) is 51.9 Å². The Kier molecular flexibility index (Phi) is 5.56. The third-order valence-corrected chi connectivity index (χ3v) is 3.18. The van der Waals surface area contributed by atoms with Crippen molar-refractivity contribution in [2.24, 2.45) is 5.73 Å². The van der Waals surface area contributed by atoms with Gasteiger partial charge in [-0.2, -0.15) is 0 Å². The molecular weight excluding hydrogens is 232 g/mol. The van der Waals surface area contributed by atoms with E-state index in [0.29, 0.717) is 13.0 Å². The van der Waals surface area contributed by atoms with Crippen LogP contribution in [-0.2, 0) is 14.3 Å². The number of hydrogen-bond donors (Lipinski definition) is 1. The van der Waals surface area contributed by atoms with Gasteiger partial charge in [0.15, 0.2) is 0 Å². The lowest BCUT2D eigenvalue weighted by Crippen LogP contribution is -2.51. The van der Waals surface area contributed by atoms with E-state index < -0.39 is 5.54 Å². The highest BCUT2D eigenvalue weighted by Crippen LogP contribution is 2.14. The van der Waals surface area contributed by atoms with Crippen LogP contribution in [-0.4, -0.2) is 54.9 Å². The molecule has 0 amide bonds. The third-order valence-electron chi connectivity index (χ3n) is 3.18. The zero-order valence-electron chi connectivity index (χ0n) is 11.9. The molecule has 0 aliphatic carbocycles. The van der Waals surface area contributed by atoms with Crippen LogP contribution in [0.1, 0.15) is 34.1 Å². The first kappa shape index (κ1) is 15.4. The van der Waals surface area contributed by atoms with Gasteiger partial charge in [-0.05, 0) is 34.1 Å². The number of esters is 1. The van der Waals surface area contributed by atoms with Crippen LogP contribution in [0.2, 0.25) is 0 Å². The van der Waals surface area contributed by atoms with Crippen molar-refractivity contribution in [3.63, 3.8) is 0 Å². The number of rotatable bonds is 5. The van der Waals surface area contributed by atoms with E-state index in [-0.39, 0.29) is 18.2 Å². The highest BCUT2D eigenvalue weighted by molar-refractivity contribution is 5.79. The predicted molar refractivity (Wildman–Crippen MR) is 70.3 cm³/mol. The molecule has 0 spiro atoms. The highest BCUT2D eigenvalue weighted by Gasteiger charge is 2.31. The Morgan fingerprint density at radius 3 is 2.50 bits per heavy atom. The van der Waals surface area contributed by atoms with Gasteiger partial charge in [0, 0.05) is 19.6 Å². The first-order valence-corrected chi connectivity index (χ1v) is 6.69. The molecule has 0 aromatic carbocycles. The van der Waals surface area contributed by atoms with Gasteiger partial charge < -0.3 is 15.2 Å². The molecule has 5 nitrogen and oxygen atoms in total. The monoisotopic (exact) mass is 258 g/mol. The maximum absolute atomic E-state index is 11.7. The minimum absolute atomic E-state index is 0.236. The molecule has 1 heterocycles. The number of ether oxygens (including phenoxy) is 2. The second kappa shape index (κ2) is 6.50. The third kappa shape index (κ3) is 4.55. The summed E-state index contributed by atoms with van der Waals surface area (Å²) in [5.41, 5.74) is 5.10. The summed E-state index contributed by atoms with van der Waals surface area (Å²) in [7, 11) is 0. The van der Waals surface area contributed by atoms with Gasteiger partial charge in [0.2, 0.25) is 0 Å². The van der Waals surface area contributed by atoms with Crippen LogP contribution in [0, 0.1) is 0 Å². The van der Waals surface area contributed by atoms with E-state index in [1.165, 1.54) is 0 Å². The van der Waals surface area contributed by atoms with Gasteiger partial charge in [0.1, 0.15) is 5.54 Å². The van der Waals surface area contributed by atoms with Crippen LogP contribution >= 0.6 is 0 Å². The molecule has 1 saturated heterocycles. The van der Waals surface area contributed by atoms with E-state index in [0.717, 1.165) is 19.6 Å². The largest absolute Gasteiger partial charge is 0.465 e. The van der Waals surface area contributed by atoms with E-state index in [4.69, 9.17) is 15.2 Å². The van der Waals surface area contributed by atoms with Gasteiger partial charge in [-0.3, -0.25) is 9.69 Å². The number of nitrogens with zero attached hydrogens (tertiary/aromatic N) is 1. The van der Waals surface area contributed by atoms with E-state index >= 15 is 0 Å². The number of hydrogen-bond acceptors (Lipinski definition) is 5. The Bertz CT molecular complexity index is 271. The molecule has 0 saturated carbocycles. The number of carbonyl (C=O) groups is 1. The highest BCUT2D eigenvalue weighted by atomic mass is 16.5. The molecule has 18 heavy (non-hydrogen) atoms. The standard InChI is InChI=1S/C13H26N2O3/c1-5-17-12(16)13(4,14)6-7-15-8-10(2)18-11(3)9-15/h10-11H,5-9,14H2,1-4H3. The summed E-state index contributed by atoms with van der Waals surface area (Å²) in [5.74, 6) is -0.320. The second-order valence-electron chi connectivity index (χ2n) is 5.40. The van der Waals surface area contributed by atoms with Crippen molar-refractivity contribution in [1.82, 2.24) is 4.90 Å². The van der Waals surface area contributed by atoms with Crippen LogP contribution in [0.5, 0.6) is 0 Å². The zero-order valence-corrected chi connectivity index (χ0v) is 11.9. The summed E-state index contributed by atoms with van der Waals surface area (Å²) >= 11 is 0. The van der Waals surface area contributed by atoms with Crippen molar-refractivity contribution in [3.05, 3.63) is 0 Å². The SMILES string of the molecule is CCOC(=O)C(C)(N)CCN1CC(C)OC(C)C1. The average Bonchev–Trinajstić information content (AvgIpc) is 2.25. The lowest BCUT2D eigenvalue weighted by molar-refractivity contribution is -0.149. The van der Waals surface area contributed by atoms with Gasteiger partial charge >= 0.3 is 5.97 Å². The molecular formula is C13H26N2O3. The molecule has 0 aromatic heterocycles. The molecule has 0 aromatic rings. The van der Waals surface area contributed by atoms with Crippen molar-refractivity contribution in [2.75, 3.05) is 26.2 Å². The van der Waals surface area contributed by atoms with E-state index in [1.54, 1.807) is 13.8 Å². The maximum Gasteiger partial charge on any atom is 0.325 e. The number of carbonyl (C=O) groups excluding carboxylic acids is 1. The summed E-state index contributed by atoms with van der Waals surface area (Å²) in [6.45, 7) is 10.6. The number of nitrogens with two attached hydrogens (primary N) is 1. The van der Waals surface area contributed by atoms with E-state index in [9.17, 15) is 4.79 Å². The molecule has 1 fully saturated rings. The smallest absolute Gasteiger partial charge is 0.325 e. The summed E-state index contributed by atoms with van der Waals surface area (Å²) in [5, 5.41) is 0. The Labute approximate surface area is 110 Å².